The number of alkyl halides is 3. The lowest BCUT2D eigenvalue weighted by atomic mass is 10.4. The molecule has 0 aromatic heterocycles. The van der Waals surface area contributed by atoms with Crippen molar-refractivity contribution in [3.8, 4) is 0 Å². The highest BCUT2D eigenvalue weighted by atomic mass is 19.4. The van der Waals surface area contributed by atoms with Gasteiger partial charge in [0.15, 0.2) is 6.61 Å². The molecule has 0 radical (unpaired) electrons. The van der Waals surface area contributed by atoms with Crippen LogP contribution in [-0.4, -0.2) is 24.7 Å². The molecule has 0 saturated heterocycles. The van der Waals surface area contributed by atoms with Gasteiger partial charge in [-0.05, 0) is 12.8 Å². The maximum atomic E-state index is 11.6. The molecule has 0 amide bonds. The molecule has 0 N–H and O–H groups in total. The number of esters is 2. The molecule has 16 heavy (non-hydrogen) atoms. The predicted molar refractivity (Wildman–Crippen MR) is 45.0 cm³/mol. The van der Waals surface area contributed by atoms with Gasteiger partial charge in [-0.2, -0.15) is 13.2 Å². The number of carbonyl (C=O) groups is 2. The molecule has 0 aromatic carbocycles. The average molecular weight is 238 g/mol. The van der Waals surface area contributed by atoms with E-state index in [4.69, 9.17) is 0 Å². The minimum Gasteiger partial charge on any atom is -0.453 e. The Bertz CT molecular complexity index is 304. The van der Waals surface area contributed by atoms with Crippen molar-refractivity contribution < 1.29 is 32.2 Å². The van der Waals surface area contributed by atoms with E-state index in [1.165, 1.54) is 0 Å². The number of ether oxygens (including phenoxy) is 2. The van der Waals surface area contributed by atoms with Crippen LogP contribution in [0.3, 0.4) is 0 Å². The van der Waals surface area contributed by atoms with Crippen LogP contribution in [0.1, 0.15) is 12.8 Å². The second kappa shape index (κ2) is 5.00. The van der Waals surface area contributed by atoms with Crippen molar-refractivity contribution in [1.82, 2.24) is 0 Å². The predicted octanol–water partition coefficient (Wildman–Crippen LogP) is 1.56. The van der Waals surface area contributed by atoms with E-state index >= 15 is 0 Å². The molecule has 1 aliphatic carbocycles. The monoisotopic (exact) mass is 238 g/mol. The van der Waals surface area contributed by atoms with E-state index in [1.807, 2.05) is 0 Å². The molecule has 0 aromatic rings. The number of rotatable bonds is 4. The quantitative estimate of drug-likeness (QED) is 0.423. The summed E-state index contributed by atoms with van der Waals surface area (Å²) in [7, 11) is 0. The highest BCUT2D eigenvalue weighted by Crippen LogP contribution is 2.30. The van der Waals surface area contributed by atoms with Gasteiger partial charge in [-0.1, -0.05) is 0 Å². The minimum absolute atomic E-state index is 0.143. The SMILES string of the molecule is O=C(/C=C/OC(=O)C1CC1)OCC(F)(F)F. The first kappa shape index (κ1) is 12.5. The second-order valence-electron chi connectivity index (χ2n) is 3.24. The zero-order chi connectivity index (χ0) is 12.2. The lowest BCUT2D eigenvalue weighted by molar-refractivity contribution is -0.182. The molecule has 1 rings (SSSR count). The summed E-state index contributed by atoms with van der Waals surface area (Å²) in [6, 6.07) is 0. The minimum atomic E-state index is -4.56. The van der Waals surface area contributed by atoms with E-state index in [0.29, 0.717) is 6.08 Å². The lowest BCUT2D eigenvalue weighted by Crippen LogP contribution is -2.19. The van der Waals surface area contributed by atoms with Crippen molar-refractivity contribution in [2.24, 2.45) is 5.92 Å². The fourth-order valence-corrected chi connectivity index (χ4v) is 0.773. The smallest absolute Gasteiger partial charge is 0.422 e. The van der Waals surface area contributed by atoms with Gasteiger partial charge in [0.2, 0.25) is 0 Å². The number of hydrogen-bond acceptors (Lipinski definition) is 4. The third-order valence-electron chi connectivity index (χ3n) is 1.68. The average Bonchev–Trinajstić information content (AvgIpc) is 2.96. The Morgan fingerprint density at radius 2 is 1.94 bits per heavy atom. The molecule has 7 heteroatoms. The number of halogens is 3. The van der Waals surface area contributed by atoms with Crippen LogP contribution in [-0.2, 0) is 19.1 Å². The van der Waals surface area contributed by atoms with Gasteiger partial charge in [-0.15, -0.1) is 0 Å². The summed E-state index contributed by atoms with van der Waals surface area (Å²) >= 11 is 0. The normalized spacial score (nSPS) is 16.2. The molecule has 1 aliphatic rings. The molecular weight excluding hydrogens is 229 g/mol. The third kappa shape index (κ3) is 5.38. The summed E-state index contributed by atoms with van der Waals surface area (Å²) in [5.41, 5.74) is 0. The van der Waals surface area contributed by atoms with Crippen LogP contribution >= 0.6 is 0 Å². The van der Waals surface area contributed by atoms with Gasteiger partial charge in [-0.25, -0.2) is 4.79 Å². The maximum Gasteiger partial charge on any atom is 0.422 e. The topological polar surface area (TPSA) is 52.6 Å². The number of hydrogen-bond donors (Lipinski definition) is 0. The van der Waals surface area contributed by atoms with Crippen LogP contribution in [0.5, 0.6) is 0 Å². The molecule has 0 spiro atoms. The van der Waals surface area contributed by atoms with Crippen LogP contribution in [0.15, 0.2) is 12.3 Å². The number of carbonyl (C=O) groups excluding carboxylic acids is 2. The zero-order valence-corrected chi connectivity index (χ0v) is 8.12. The van der Waals surface area contributed by atoms with Crippen molar-refractivity contribution in [2.75, 3.05) is 6.61 Å². The van der Waals surface area contributed by atoms with Gasteiger partial charge < -0.3 is 9.47 Å². The zero-order valence-electron chi connectivity index (χ0n) is 8.12. The Labute approximate surface area is 89.0 Å². The summed E-state index contributed by atoms with van der Waals surface area (Å²) in [6.45, 7) is -1.66. The summed E-state index contributed by atoms with van der Waals surface area (Å²) in [6.07, 6.45) is -1.71. The first-order valence-corrected chi connectivity index (χ1v) is 4.49. The fraction of sp³-hybridized carbons (Fsp3) is 0.556. The summed E-state index contributed by atoms with van der Waals surface area (Å²) < 4.78 is 43.1. The molecule has 1 fully saturated rings. The molecule has 1 saturated carbocycles. The Hall–Kier alpha value is -1.53. The van der Waals surface area contributed by atoms with Crippen molar-refractivity contribution in [2.45, 2.75) is 19.0 Å². The van der Waals surface area contributed by atoms with E-state index in [1.54, 1.807) is 0 Å². The summed E-state index contributed by atoms with van der Waals surface area (Å²) in [4.78, 5) is 21.6. The summed E-state index contributed by atoms with van der Waals surface area (Å²) in [5, 5.41) is 0. The maximum absolute atomic E-state index is 11.6. The van der Waals surface area contributed by atoms with Gasteiger partial charge in [0.25, 0.3) is 0 Å². The van der Waals surface area contributed by atoms with E-state index in [2.05, 4.69) is 9.47 Å². The lowest BCUT2D eigenvalue weighted by Gasteiger charge is -2.05. The highest BCUT2D eigenvalue weighted by molar-refractivity contribution is 5.82. The molecule has 0 bridgehead atoms. The van der Waals surface area contributed by atoms with Gasteiger partial charge in [0.1, 0.15) is 6.26 Å². The molecule has 0 heterocycles. The Morgan fingerprint density at radius 3 is 2.44 bits per heavy atom. The van der Waals surface area contributed by atoms with Crippen molar-refractivity contribution >= 4 is 11.9 Å². The molecule has 4 nitrogen and oxygen atoms in total. The first-order valence-electron chi connectivity index (χ1n) is 4.49. The molecular formula is C9H9F3O4. The van der Waals surface area contributed by atoms with Crippen LogP contribution in [0, 0.1) is 5.92 Å². The van der Waals surface area contributed by atoms with Crippen molar-refractivity contribution in [1.29, 1.82) is 0 Å². The van der Waals surface area contributed by atoms with Crippen LogP contribution in [0.2, 0.25) is 0 Å². The fourth-order valence-electron chi connectivity index (χ4n) is 0.773. The largest absolute Gasteiger partial charge is 0.453 e. The van der Waals surface area contributed by atoms with Gasteiger partial charge in [-0.3, -0.25) is 4.79 Å². The Balaban J connectivity index is 2.17. The first-order chi connectivity index (χ1) is 7.38. The van der Waals surface area contributed by atoms with Crippen molar-refractivity contribution in [3.05, 3.63) is 12.3 Å². The summed E-state index contributed by atoms with van der Waals surface area (Å²) in [5.74, 6) is -1.84. The van der Waals surface area contributed by atoms with E-state index in [0.717, 1.165) is 19.1 Å². The van der Waals surface area contributed by atoms with Gasteiger partial charge >= 0.3 is 18.1 Å². The van der Waals surface area contributed by atoms with E-state index < -0.39 is 24.7 Å². The van der Waals surface area contributed by atoms with Crippen LogP contribution in [0.25, 0.3) is 0 Å². The Morgan fingerprint density at radius 1 is 1.31 bits per heavy atom. The Kier molecular flexibility index (Phi) is 3.92. The molecule has 0 unspecified atom stereocenters. The van der Waals surface area contributed by atoms with Gasteiger partial charge in [0.05, 0.1) is 12.0 Å². The van der Waals surface area contributed by atoms with Crippen molar-refractivity contribution in [3.63, 3.8) is 0 Å². The van der Waals surface area contributed by atoms with Gasteiger partial charge in [0, 0.05) is 0 Å². The third-order valence-corrected chi connectivity index (χ3v) is 1.68. The van der Waals surface area contributed by atoms with Crippen LogP contribution in [0.4, 0.5) is 13.2 Å². The second-order valence-corrected chi connectivity index (χ2v) is 3.24. The highest BCUT2D eigenvalue weighted by Gasteiger charge is 2.31. The van der Waals surface area contributed by atoms with E-state index in [-0.39, 0.29) is 5.92 Å². The van der Waals surface area contributed by atoms with E-state index in [9.17, 15) is 22.8 Å². The van der Waals surface area contributed by atoms with Crippen LogP contribution < -0.4 is 0 Å². The molecule has 0 atom stereocenters. The molecule has 90 valence electrons. The molecule has 0 aliphatic heterocycles. The standard InChI is InChI=1S/C9H9F3O4/c10-9(11,12)5-16-7(13)3-4-15-8(14)6-1-2-6/h3-4,6H,1-2,5H2/b4-3+.